The summed E-state index contributed by atoms with van der Waals surface area (Å²) in [6, 6.07) is 43.6. The van der Waals surface area contributed by atoms with E-state index in [2.05, 4.69) is 83.5 Å². The predicted molar refractivity (Wildman–Crippen MR) is 150 cm³/mol. The van der Waals surface area contributed by atoms with E-state index in [1.165, 1.54) is 0 Å². The Balaban J connectivity index is 1.61. The van der Waals surface area contributed by atoms with Crippen LogP contribution in [0.25, 0.3) is 22.2 Å². The molecule has 2 N–H and O–H groups in total. The van der Waals surface area contributed by atoms with Gasteiger partial charge in [0.2, 0.25) is 6.79 Å². The van der Waals surface area contributed by atoms with Gasteiger partial charge < -0.3 is 15.2 Å². The van der Waals surface area contributed by atoms with E-state index in [-0.39, 0.29) is 6.79 Å². The van der Waals surface area contributed by atoms with Gasteiger partial charge in [0.25, 0.3) is 0 Å². The van der Waals surface area contributed by atoms with E-state index < -0.39 is 5.54 Å². The van der Waals surface area contributed by atoms with Crippen molar-refractivity contribution in [2.24, 2.45) is 0 Å². The molecule has 5 heteroatoms. The summed E-state index contributed by atoms with van der Waals surface area (Å²) >= 11 is 0. The summed E-state index contributed by atoms with van der Waals surface area (Å²) < 4.78 is 13.4. The third kappa shape index (κ3) is 3.36. The molecule has 1 aromatic heterocycles. The monoisotopic (exact) mass is 495 g/mol. The van der Waals surface area contributed by atoms with Gasteiger partial charge in [0.05, 0.1) is 5.52 Å². The van der Waals surface area contributed by atoms with Crippen LogP contribution in [-0.4, -0.2) is 16.6 Å². The maximum atomic E-state index is 6.33. The molecule has 0 saturated heterocycles. The number of rotatable bonds is 5. The van der Waals surface area contributed by atoms with Gasteiger partial charge in [-0.1, -0.05) is 91.0 Å². The van der Waals surface area contributed by atoms with Crippen LogP contribution in [0.3, 0.4) is 0 Å². The highest BCUT2D eigenvalue weighted by molar-refractivity contribution is 5.96. The van der Waals surface area contributed by atoms with Crippen molar-refractivity contribution in [3.8, 4) is 22.8 Å². The molecular weight excluding hydrogens is 470 g/mol. The number of nitrogen functional groups attached to an aromatic ring is 1. The molecule has 38 heavy (non-hydrogen) atoms. The van der Waals surface area contributed by atoms with Gasteiger partial charge in [-0.2, -0.15) is 5.10 Å². The molecule has 0 radical (unpaired) electrons. The van der Waals surface area contributed by atoms with Crippen molar-refractivity contribution in [1.82, 2.24) is 9.78 Å². The zero-order valence-electron chi connectivity index (χ0n) is 20.6. The largest absolute Gasteiger partial charge is 0.454 e. The first-order chi connectivity index (χ1) is 18.7. The SMILES string of the molecule is Nc1ccc2c(c1)c(-c1ccc3c(c1)OCO3)nn2C(c1ccccc1)(c1ccccc1)c1ccccc1. The highest BCUT2D eigenvalue weighted by Crippen LogP contribution is 2.45. The van der Waals surface area contributed by atoms with E-state index >= 15 is 0 Å². The minimum atomic E-state index is -0.743. The predicted octanol–water partition coefficient (Wildman–Crippen LogP) is 6.85. The van der Waals surface area contributed by atoms with Crippen molar-refractivity contribution in [2.75, 3.05) is 12.5 Å². The standard InChI is InChI=1S/C33H25N3O2/c34-27-17-18-29-28(21-27)32(23-16-19-30-31(20-23)38-22-37-30)35-36(29)33(24-10-4-1-5-11-24,25-12-6-2-7-13-25)26-14-8-3-9-15-26/h1-21H,22,34H2. The van der Waals surface area contributed by atoms with Crippen molar-refractivity contribution < 1.29 is 9.47 Å². The maximum absolute atomic E-state index is 6.33. The quantitative estimate of drug-likeness (QED) is 0.210. The van der Waals surface area contributed by atoms with Crippen LogP contribution >= 0.6 is 0 Å². The number of ether oxygens (including phenoxy) is 2. The first-order valence-corrected chi connectivity index (χ1v) is 12.6. The second-order valence-corrected chi connectivity index (χ2v) is 9.41. The van der Waals surface area contributed by atoms with Crippen LogP contribution in [0, 0.1) is 0 Å². The number of fused-ring (bicyclic) bond motifs is 2. The molecule has 5 aromatic carbocycles. The molecule has 6 aromatic rings. The van der Waals surface area contributed by atoms with Gasteiger partial charge in [0, 0.05) is 16.6 Å². The van der Waals surface area contributed by atoms with Crippen molar-refractivity contribution in [1.29, 1.82) is 0 Å². The summed E-state index contributed by atoms with van der Waals surface area (Å²) in [5, 5.41) is 6.36. The highest BCUT2D eigenvalue weighted by atomic mass is 16.7. The molecule has 0 unspecified atom stereocenters. The Morgan fingerprint density at radius 2 is 1.21 bits per heavy atom. The molecule has 0 aliphatic carbocycles. The fourth-order valence-electron chi connectivity index (χ4n) is 5.55. The number of benzene rings is 5. The molecule has 1 aliphatic heterocycles. The first-order valence-electron chi connectivity index (χ1n) is 12.6. The Kier molecular flexibility index (Phi) is 5.15. The molecular formula is C33H25N3O2. The lowest BCUT2D eigenvalue weighted by Crippen LogP contribution is -2.38. The average Bonchev–Trinajstić information content (AvgIpc) is 3.60. The van der Waals surface area contributed by atoms with E-state index in [9.17, 15) is 0 Å². The summed E-state index contributed by atoms with van der Waals surface area (Å²) in [6.07, 6.45) is 0. The fraction of sp³-hybridized carbons (Fsp3) is 0.0606. The minimum Gasteiger partial charge on any atom is -0.454 e. The van der Waals surface area contributed by atoms with Crippen molar-refractivity contribution in [3.63, 3.8) is 0 Å². The molecule has 0 amide bonds. The molecule has 1 aliphatic rings. The Hall–Kier alpha value is -5.03. The van der Waals surface area contributed by atoms with Crippen LogP contribution in [0.15, 0.2) is 127 Å². The molecule has 0 atom stereocenters. The summed E-state index contributed by atoms with van der Waals surface area (Å²) in [4.78, 5) is 0. The van der Waals surface area contributed by atoms with Crippen LogP contribution in [0.4, 0.5) is 5.69 Å². The van der Waals surface area contributed by atoms with Gasteiger partial charge in [0.1, 0.15) is 11.2 Å². The third-order valence-corrected chi connectivity index (χ3v) is 7.24. The van der Waals surface area contributed by atoms with Crippen molar-refractivity contribution >= 4 is 16.6 Å². The van der Waals surface area contributed by atoms with Crippen LogP contribution in [0.5, 0.6) is 11.5 Å². The second-order valence-electron chi connectivity index (χ2n) is 9.41. The van der Waals surface area contributed by atoms with E-state index in [1.54, 1.807) is 0 Å². The number of hydrogen-bond acceptors (Lipinski definition) is 4. The molecule has 0 saturated carbocycles. The minimum absolute atomic E-state index is 0.222. The number of hydrogen-bond donors (Lipinski definition) is 1. The fourth-order valence-corrected chi connectivity index (χ4v) is 5.55. The maximum Gasteiger partial charge on any atom is 0.231 e. The van der Waals surface area contributed by atoms with Crippen molar-refractivity contribution in [3.05, 3.63) is 144 Å². The van der Waals surface area contributed by atoms with Crippen LogP contribution in [-0.2, 0) is 5.54 Å². The summed E-state index contributed by atoms with van der Waals surface area (Å²) in [5.74, 6) is 1.46. The highest BCUT2D eigenvalue weighted by Gasteiger charge is 2.41. The Bertz CT molecular complexity index is 1650. The van der Waals surface area contributed by atoms with Gasteiger partial charge in [-0.3, -0.25) is 0 Å². The summed E-state index contributed by atoms with van der Waals surface area (Å²) in [7, 11) is 0. The van der Waals surface area contributed by atoms with E-state index in [4.69, 9.17) is 20.3 Å². The Morgan fingerprint density at radius 3 is 1.82 bits per heavy atom. The van der Waals surface area contributed by atoms with Gasteiger partial charge in [-0.05, 0) is 53.1 Å². The molecule has 0 bridgehead atoms. The number of aromatic nitrogens is 2. The summed E-state index contributed by atoms with van der Waals surface area (Å²) in [5.41, 5.74) is 12.3. The number of nitrogens with zero attached hydrogens (tertiary/aromatic N) is 2. The normalized spacial score (nSPS) is 12.6. The van der Waals surface area contributed by atoms with Crippen LogP contribution < -0.4 is 15.2 Å². The van der Waals surface area contributed by atoms with E-state index in [0.29, 0.717) is 5.69 Å². The lowest BCUT2D eigenvalue weighted by atomic mass is 9.77. The zero-order valence-corrected chi connectivity index (χ0v) is 20.6. The topological polar surface area (TPSA) is 62.3 Å². The average molecular weight is 496 g/mol. The molecule has 2 heterocycles. The zero-order chi connectivity index (χ0) is 25.5. The van der Waals surface area contributed by atoms with Gasteiger partial charge in [-0.25, -0.2) is 4.68 Å². The summed E-state index contributed by atoms with van der Waals surface area (Å²) in [6.45, 7) is 0.222. The van der Waals surface area contributed by atoms with Crippen molar-refractivity contribution in [2.45, 2.75) is 5.54 Å². The molecule has 0 fully saturated rings. The number of anilines is 1. The van der Waals surface area contributed by atoms with Crippen LogP contribution in [0.2, 0.25) is 0 Å². The molecule has 0 spiro atoms. The van der Waals surface area contributed by atoms with Gasteiger partial charge >= 0.3 is 0 Å². The molecule has 7 rings (SSSR count). The third-order valence-electron chi connectivity index (χ3n) is 7.24. The first kappa shape index (κ1) is 22.2. The second kappa shape index (κ2) is 8.82. The Labute approximate surface area is 220 Å². The lowest BCUT2D eigenvalue weighted by Gasteiger charge is -2.37. The molecule has 5 nitrogen and oxygen atoms in total. The molecule has 184 valence electrons. The lowest BCUT2D eigenvalue weighted by molar-refractivity contribution is 0.174. The van der Waals surface area contributed by atoms with Crippen LogP contribution in [0.1, 0.15) is 16.7 Å². The van der Waals surface area contributed by atoms with Gasteiger partial charge in [0.15, 0.2) is 11.5 Å². The Morgan fingerprint density at radius 1 is 0.632 bits per heavy atom. The number of nitrogens with two attached hydrogens (primary N) is 1. The smallest absolute Gasteiger partial charge is 0.231 e. The van der Waals surface area contributed by atoms with E-state index in [1.807, 2.05) is 48.5 Å². The van der Waals surface area contributed by atoms with E-state index in [0.717, 1.165) is 50.3 Å². The van der Waals surface area contributed by atoms with Gasteiger partial charge in [-0.15, -0.1) is 0 Å².